The van der Waals surface area contributed by atoms with Crippen LogP contribution in [0.1, 0.15) is 31.4 Å². The Morgan fingerprint density at radius 3 is 2.61 bits per heavy atom. The van der Waals surface area contributed by atoms with Gasteiger partial charge in [-0.1, -0.05) is 6.92 Å². The highest BCUT2D eigenvalue weighted by Crippen LogP contribution is 2.42. The van der Waals surface area contributed by atoms with Crippen molar-refractivity contribution in [3.8, 4) is 11.5 Å². The zero-order valence-electron chi connectivity index (χ0n) is 10.7. The molecule has 0 fully saturated rings. The summed E-state index contributed by atoms with van der Waals surface area (Å²) >= 11 is 3.50. The SMILES string of the molecule is CCc1c(CC(C)=O)cc(Br)c2c1OCCCO2. The Balaban J connectivity index is 2.53. The van der Waals surface area contributed by atoms with Crippen LogP contribution in [0, 0.1) is 0 Å². The summed E-state index contributed by atoms with van der Waals surface area (Å²) in [5.41, 5.74) is 2.12. The summed E-state index contributed by atoms with van der Waals surface area (Å²) in [6.07, 6.45) is 2.16. The van der Waals surface area contributed by atoms with E-state index in [-0.39, 0.29) is 5.78 Å². The van der Waals surface area contributed by atoms with E-state index in [2.05, 4.69) is 22.9 Å². The van der Waals surface area contributed by atoms with Crippen LogP contribution in [0.5, 0.6) is 11.5 Å². The van der Waals surface area contributed by atoms with Gasteiger partial charge >= 0.3 is 0 Å². The average Bonchev–Trinajstić information content (AvgIpc) is 2.54. The lowest BCUT2D eigenvalue weighted by molar-refractivity contribution is -0.116. The van der Waals surface area contributed by atoms with E-state index in [1.54, 1.807) is 6.92 Å². The Bertz CT molecular complexity index is 469. The highest BCUT2D eigenvalue weighted by atomic mass is 79.9. The van der Waals surface area contributed by atoms with E-state index >= 15 is 0 Å². The van der Waals surface area contributed by atoms with Crippen molar-refractivity contribution in [2.75, 3.05) is 13.2 Å². The fourth-order valence-corrected chi connectivity index (χ4v) is 2.78. The fraction of sp³-hybridized carbons (Fsp3) is 0.500. The van der Waals surface area contributed by atoms with Gasteiger partial charge in [0.2, 0.25) is 0 Å². The van der Waals surface area contributed by atoms with Crippen molar-refractivity contribution in [3.63, 3.8) is 0 Å². The van der Waals surface area contributed by atoms with Gasteiger partial charge in [-0.15, -0.1) is 0 Å². The van der Waals surface area contributed by atoms with Gasteiger partial charge in [-0.3, -0.25) is 4.79 Å². The van der Waals surface area contributed by atoms with Gasteiger partial charge in [-0.25, -0.2) is 0 Å². The largest absolute Gasteiger partial charge is 0.489 e. The molecule has 3 nitrogen and oxygen atoms in total. The monoisotopic (exact) mass is 312 g/mol. The maximum atomic E-state index is 11.3. The third-order valence-electron chi connectivity index (χ3n) is 2.96. The van der Waals surface area contributed by atoms with Crippen molar-refractivity contribution in [1.29, 1.82) is 0 Å². The van der Waals surface area contributed by atoms with Crippen LogP contribution < -0.4 is 9.47 Å². The Labute approximate surface area is 116 Å². The van der Waals surface area contributed by atoms with Gasteiger partial charge in [0.25, 0.3) is 0 Å². The molecule has 0 unspecified atom stereocenters. The number of rotatable bonds is 3. The first-order valence-electron chi connectivity index (χ1n) is 6.22. The minimum absolute atomic E-state index is 0.158. The van der Waals surface area contributed by atoms with Crippen molar-refractivity contribution in [2.24, 2.45) is 0 Å². The number of benzene rings is 1. The second kappa shape index (κ2) is 5.74. The summed E-state index contributed by atoms with van der Waals surface area (Å²) in [7, 11) is 0. The zero-order valence-corrected chi connectivity index (χ0v) is 12.3. The molecule has 1 aliphatic rings. The summed E-state index contributed by atoms with van der Waals surface area (Å²) < 4.78 is 12.4. The summed E-state index contributed by atoms with van der Waals surface area (Å²) in [5.74, 6) is 1.74. The highest BCUT2D eigenvalue weighted by Gasteiger charge is 2.21. The predicted molar refractivity (Wildman–Crippen MR) is 73.5 cm³/mol. The van der Waals surface area contributed by atoms with Gasteiger partial charge in [0.1, 0.15) is 5.78 Å². The van der Waals surface area contributed by atoms with E-state index in [0.717, 1.165) is 39.9 Å². The second-order valence-corrected chi connectivity index (χ2v) is 5.29. The minimum Gasteiger partial charge on any atom is -0.489 e. The normalized spacial score (nSPS) is 14.2. The van der Waals surface area contributed by atoms with Crippen molar-refractivity contribution in [1.82, 2.24) is 0 Å². The molecule has 1 aromatic rings. The molecule has 0 radical (unpaired) electrons. The first-order chi connectivity index (χ1) is 8.63. The van der Waals surface area contributed by atoms with Gasteiger partial charge in [-0.2, -0.15) is 0 Å². The molecule has 0 spiro atoms. The maximum Gasteiger partial charge on any atom is 0.175 e. The molecular formula is C14H17BrO3. The van der Waals surface area contributed by atoms with E-state index in [4.69, 9.17) is 9.47 Å². The molecule has 0 saturated heterocycles. The Hall–Kier alpha value is -1.03. The number of hydrogen-bond acceptors (Lipinski definition) is 3. The Morgan fingerprint density at radius 1 is 1.33 bits per heavy atom. The number of Topliss-reactive ketones (excluding diaryl/α,β-unsaturated/α-hetero) is 1. The smallest absolute Gasteiger partial charge is 0.175 e. The van der Waals surface area contributed by atoms with Crippen LogP contribution in [0.3, 0.4) is 0 Å². The van der Waals surface area contributed by atoms with E-state index in [9.17, 15) is 4.79 Å². The van der Waals surface area contributed by atoms with Crippen molar-refractivity contribution in [2.45, 2.75) is 33.1 Å². The molecule has 1 heterocycles. The zero-order chi connectivity index (χ0) is 13.1. The number of carbonyl (C=O) groups excluding carboxylic acids is 1. The maximum absolute atomic E-state index is 11.3. The lowest BCUT2D eigenvalue weighted by atomic mass is 9.99. The van der Waals surface area contributed by atoms with Gasteiger partial charge < -0.3 is 9.47 Å². The third kappa shape index (κ3) is 2.69. The molecule has 0 amide bonds. The van der Waals surface area contributed by atoms with Crippen LogP contribution in [0.25, 0.3) is 0 Å². The Morgan fingerprint density at radius 2 is 2.00 bits per heavy atom. The Kier molecular flexibility index (Phi) is 4.27. The lowest BCUT2D eigenvalue weighted by Crippen LogP contribution is -2.05. The molecule has 98 valence electrons. The fourth-order valence-electron chi connectivity index (χ4n) is 2.21. The summed E-state index contributed by atoms with van der Waals surface area (Å²) in [6, 6.07) is 1.98. The van der Waals surface area contributed by atoms with Crippen LogP contribution in [0.4, 0.5) is 0 Å². The van der Waals surface area contributed by atoms with Crippen LogP contribution in [-0.2, 0) is 17.6 Å². The van der Waals surface area contributed by atoms with Gasteiger partial charge in [0, 0.05) is 18.4 Å². The second-order valence-electron chi connectivity index (χ2n) is 4.44. The van der Waals surface area contributed by atoms with Gasteiger partial charge in [0.05, 0.1) is 17.7 Å². The molecule has 0 aliphatic carbocycles. The van der Waals surface area contributed by atoms with Crippen LogP contribution in [0.2, 0.25) is 0 Å². The molecule has 0 bridgehead atoms. The summed E-state index contributed by atoms with van der Waals surface area (Å²) in [5, 5.41) is 0. The van der Waals surface area contributed by atoms with E-state index in [0.29, 0.717) is 19.6 Å². The predicted octanol–water partition coefficient (Wildman–Crippen LogP) is 3.30. The lowest BCUT2D eigenvalue weighted by Gasteiger charge is -2.17. The van der Waals surface area contributed by atoms with Gasteiger partial charge in [0.15, 0.2) is 11.5 Å². The summed E-state index contributed by atoms with van der Waals surface area (Å²) in [4.78, 5) is 11.3. The molecule has 4 heteroatoms. The molecule has 0 aromatic heterocycles. The molecule has 1 aliphatic heterocycles. The van der Waals surface area contributed by atoms with Crippen LogP contribution in [0.15, 0.2) is 10.5 Å². The molecule has 0 N–H and O–H groups in total. The number of halogens is 1. The van der Waals surface area contributed by atoms with Crippen LogP contribution in [-0.4, -0.2) is 19.0 Å². The molecule has 0 atom stereocenters. The van der Waals surface area contributed by atoms with Crippen LogP contribution >= 0.6 is 15.9 Å². The van der Waals surface area contributed by atoms with Crippen molar-refractivity contribution in [3.05, 3.63) is 21.7 Å². The van der Waals surface area contributed by atoms with E-state index < -0.39 is 0 Å². The quantitative estimate of drug-likeness (QED) is 0.859. The number of hydrogen-bond donors (Lipinski definition) is 0. The molecule has 1 aromatic carbocycles. The number of ether oxygens (including phenoxy) is 2. The topological polar surface area (TPSA) is 35.5 Å². The minimum atomic E-state index is 0.158. The third-order valence-corrected chi connectivity index (χ3v) is 3.55. The molecular weight excluding hydrogens is 296 g/mol. The molecule has 18 heavy (non-hydrogen) atoms. The number of carbonyl (C=O) groups is 1. The van der Waals surface area contributed by atoms with Crippen molar-refractivity contribution < 1.29 is 14.3 Å². The molecule has 0 saturated carbocycles. The van der Waals surface area contributed by atoms with Gasteiger partial charge in [-0.05, 0) is 40.9 Å². The van der Waals surface area contributed by atoms with E-state index in [1.165, 1.54) is 0 Å². The van der Waals surface area contributed by atoms with E-state index in [1.807, 2.05) is 6.07 Å². The average molecular weight is 313 g/mol. The summed E-state index contributed by atoms with van der Waals surface area (Å²) in [6.45, 7) is 5.01. The number of ketones is 1. The first kappa shape index (κ1) is 13.4. The first-order valence-corrected chi connectivity index (χ1v) is 7.02. The standard InChI is InChI=1S/C14H17BrO3/c1-3-11-10(7-9(2)16)8-12(15)14-13(11)17-5-4-6-18-14/h8H,3-7H2,1-2H3. The number of fused-ring (bicyclic) bond motifs is 1. The highest BCUT2D eigenvalue weighted by molar-refractivity contribution is 9.10. The molecule has 2 rings (SSSR count). The van der Waals surface area contributed by atoms with Crippen molar-refractivity contribution >= 4 is 21.7 Å².